The molecular formula is C19H26N4O3. The normalized spacial score (nSPS) is 10.4. The molecule has 140 valence electrons. The van der Waals surface area contributed by atoms with E-state index in [1.165, 1.54) is 10.5 Å². The molecule has 0 unspecified atom stereocenters. The van der Waals surface area contributed by atoms with Crippen LogP contribution in [0.3, 0.4) is 0 Å². The Morgan fingerprint density at radius 2 is 1.88 bits per heavy atom. The number of hydrogen-bond donors (Lipinski definition) is 2. The Morgan fingerprint density at radius 1 is 1.15 bits per heavy atom. The fraction of sp³-hybridized carbons (Fsp3) is 0.421. The van der Waals surface area contributed by atoms with E-state index in [-0.39, 0.29) is 18.5 Å². The van der Waals surface area contributed by atoms with Gasteiger partial charge in [0.1, 0.15) is 12.3 Å². The van der Waals surface area contributed by atoms with E-state index in [0.717, 1.165) is 19.3 Å². The number of anilines is 2. The average Bonchev–Trinajstić information content (AvgIpc) is 3.03. The zero-order valence-electron chi connectivity index (χ0n) is 15.5. The van der Waals surface area contributed by atoms with Crippen LogP contribution in [-0.2, 0) is 11.2 Å². The lowest BCUT2D eigenvalue weighted by Gasteiger charge is -2.22. The van der Waals surface area contributed by atoms with E-state index in [1.54, 1.807) is 13.0 Å². The summed E-state index contributed by atoms with van der Waals surface area (Å²) in [4.78, 5) is 26.3. The van der Waals surface area contributed by atoms with Crippen molar-refractivity contribution >= 4 is 23.4 Å². The number of hydrogen-bond acceptors (Lipinski definition) is 4. The molecule has 0 aliphatic rings. The fourth-order valence-electron chi connectivity index (χ4n) is 2.41. The SMILES string of the molecule is CCCCN(CC(=O)Nc1cc(C)on1)C(=O)Nc1ccc(CC)cc1. The Morgan fingerprint density at radius 3 is 2.46 bits per heavy atom. The maximum absolute atomic E-state index is 12.6. The summed E-state index contributed by atoms with van der Waals surface area (Å²) < 4.78 is 4.92. The molecule has 0 aliphatic carbocycles. The van der Waals surface area contributed by atoms with Gasteiger partial charge in [0.2, 0.25) is 5.91 Å². The van der Waals surface area contributed by atoms with E-state index >= 15 is 0 Å². The number of unbranched alkanes of at least 4 members (excludes halogenated alkanes) is 1. The third-order valence-electron chi connectivity index (χ3n) is 3.91. The summed E-state index contributed by atoms with van der Waals surface area (Å²) in [5.41, 5.74) is 1.91. The predicted molar refractivity (Wildman–Crippen MR) is 101 cm³/mol. The second-order valence-corrected chi connectivity index (χ2v) is 6.13. The summed E-state index contributed by atoms with van der Waals surface area (Å²) in [6, 6.07) is 9.02. The van der Waals surface area contributed by atoms with Gasteiger partial charge in [-0.1, -0.05) is 37.6 Å². The highest BCUT2D eigenvalue weighted by Gasteiger charge is 2.18. The Labute approximate surface area is 153 Å². The smallest absolute Gasteiger partial charge is 0.322 e. The zero-order valence-corrected chi connectivity index (χ0v) is 15.5. The van der Waals surface area contributed by atoms with Gasteiger partial charge in [-0.15, -0.1) is 0 Å². The highest BCUT2D eigenvalue weighted by atomic mass is 16.5. The first-order valence-corrected chi connectivity index (χ1v) is 8.89. The first kappa shape index (κ1) is 19.5. The highest BCUT2D eigenvalue weighted by molar-refractivity contribution is 5.96. The lowest BCUT2D eigenvalue weighted by molar-refractivity contribution is -0.116. The van der Waals surface area contributed by atoms with E-state index in [1.807, 2.05) is 31.2 Å². The van der Waals surface area contributed by atoms with Crippen LogP contribution < -0.4 is 10.6 Å². The molecule has 2 aromatic rings. The number of urea groups is 1. The van der Waals surface area contributed by atoms with Crippen molar-refractivity contribution in [2.75, 3.05) is 23.7 Å². The number of nitrogens with zero attached hydrogens (tertiary/aromatic N) is 2. The highest BCUT2D eigenvalue weighted by Crippen LogP contribution is 2.12. The van der Waals surface area contributed by atoms with Crippen molar-refractivity contribution in [3.05, 3.63) is 41.7 Å². The number of aromatic nitrogens is 1. The van der Waals surface area contributed by atoms with Crippen LogP contribution in [0.4, 0.5) is 16.3 Å². The monoisotopic (exact) mass is 358 g/mol. The third kappa shape index (κ3) is 5.91. The van der Waals surface area contributed by atoms with Gasteiger partial charge < -0.3 is 20.1 Å². The van der Waals surface area contributed by atoms with Crippen LogP contribution in [0, 0.1) is 6.92 Å². The van der Waals surface area contributed by atoms with Crippen LogP contribution in [0.15, 0.2) is 34.9 Å². The van der Waals surface area contributed by atoms with Gasteiger partial charge in [0.05, 0.1) is 0 Å². The number of rotatable bonds is 8. The molecule has 3 amide bonds. The van der Waals surface area contributed by atoms with Crippen LogP contribution in [0.1, 0.15) is 38.0 Å². The average molecular weight is 358 g/mol. The van der Waals surface area contributed by atoms with Gasteiger partial charge >= 0.3 is 6.03 Å². The molecule has 0 saturated carbocycles. The molecule has 2 N–H and O–H groups in total. The van der Waals surface area contributed by atoms with Gasteiger partial charge in [-0.25, -0.2) is 4.79 Å². The molecule has 7 heteroatoms. The van der Waals surface area contributed by atoms with Crippen LogP contribution >= 0.6 is 0 Å². The number of nitrogens with one attached hydrogen (secondary N) is 2. The Hall–Kier alpha value is -2.83. The van der Waals surface area contributed by atoms with E-state index in [0.29, 0.717) is 23.8 Å². The van der Waals surface area contributed by atoms with E-state index in [4.69, 9.17) is 4.52 Å². The summed E-state index contributed by atoms with van der Waals surface area (Å²) in [7, 11) is 0. The number of carbonyl (C=O) groups is 2. The molecular weight excluding hydrogens is 332 g/mol. The largest absolute Gasteiger partial charge is 0.360 e. The second-order valence-electron chi connectivity index (χ2n) is 6.13. The van der Waals surface area contributed by atoms with Crippen molar-refractivity contribution in [2.45, 2.75) is 40.0 Å². The van der Waals surface area contributed by atoms with Crippen LogP contribution in [-0.4, -0.2) is 35.1 Å². The zero-order chi connectivity index (χ0) is 18.9. The Kier molecular flexibility index (Phi) is 7.20. The Bertz CT molecular complexity index is 725. The first-order chi connectivity index (χ1) is 12.5. The Balaban J connectivity index is 1.97. The van der Waals surface area contributed by atoms with Crippen LogP contribution in [0.2, 0.25) is 0 Å². The summed E-state index contributed by atoms with van der Waals surface area (Å²) in [5, 5.41) is 9.21. The van der Waals surface area contributed by atoms with Crippen LogP contribution in [0.5, 0.6) is 0 Å². The summed E-state index contributed by atoms with van der Waals surface area (Å²) >= 11 is 0. The lowest BCUT2D eigenvalue weighted by Crippen LogP contribution is -2.41. The summed E-state index contributed by atoms with van der Waals surface area (Å²) in [6.07, 6.45) is 2.69. The maximum Gasteiger partial charge on any atom is 0.322 e. The van der Waals surface area contributed by atoms with Gasteiger partial charge in [-0.05, 0) is 37.5 Å². The van der Waals surface area contributed by atoms with Crippen LogP contribution in [0.25, 0.3) is 0 Å². The summed E-state index contributed by atoms with van der Waals surface area (Å²) in [5.74, 6) is 0.640. The number of amides is 3. The topological polar surface area (TPSA) is 87.5 Å². The molecule has 0 atom stereocenters. The minimum Gasteiger partial charge on any atom is -0.360 e. The van der Waals surface area contributed by atoms with Gasteiger partial charge in [-0.3, -0.25) is 4.79 Å². The quantitative estimate of drug-likeness (QED) is 0.751. The molecule has 1 aromatic carbocycles. The molecule has 1 heterocycles. The number of aryl methyl sites for hydroxylation is 2. The molecule has 0 saturated heterocycles. The predicted octanol–water partition coefficient (Wildman–Crippen LogP) is 3.82. The van der Waals surface area contributed by atoms with Crippen molar-refractivity contribution in [3.8, 4) is 0 Å². The molecule has 2 rings (SSSR count). The van der Waals surface area contributed by atoms with Crippen molar-refractivity contribution < 1.29 is 14.1 Å². The minimum atomic E-state index is -0.314. The number of benzene rings is 1. The van der Waals surface area contributed by atoms with Gasteiger partial charge in [-0.2, -0.15) is 0 Å². The van der Waals surface area contributed by atoms with Crippen molar-refractivity contribution in [1.29, 1.82) is 0 Å². The molecule has 7 nitrogen and oxygen atoms in total. The second kappa shape index (κ2) is 9.60. The van der Waals surface area contributed by atoms with E-state index < -0.39 is 0 Å². The van der Waals surface area contributed by atoms with Crippen molar-refractivity contribution in [2.24, 2.45) is 0 Å². The number of carbonyl (C=O) groups excluding carboxylic acids is 2. The maximum atomic E-state index is 12.6. The third-order valence-corrected chi connectivity index (χ3v) is 3.91. The molecule has 1 aromatic heterocycles. The molecule has 0 radical (unpaired) electrons. The molecule has 0 spiro atoms. The van der Waals surface area contributed by atoms with E-state index in [9.17, 15) is 9.59 Å². The van der Waals surface area contributed by atoms with Gasteiger partial charge in [0.25, 0.3) is 0 Å². The first-order valence-electron chi connectivity index (χ1n) is 8.89. The van der Waals surface area contributed by atoms with Gasteiger partial charge in [0, 0.05) is 18.3 Å². The van der Waals surface area contributed by atoms with E-state index in [2.05, 4.69) is 22.7 Å². The molecule has 26 heavy (non-hydrogen) atoms. The minimum absolute atomic E-state index is 0.0508. The molecule has 0 fully saturated rings. The standard InChI is InChI=1S/C19H26N4O3/c1-4-6-11-23(13-18(24)21-17-12-14(3)26-22-17)19(25)20-16-9-7-15(5-2)8-10-16/h7-10,12H,4-6,11,13H2,1-3H3,(H,20,25)(H,21,22,24). The molecule has 0 bridgehead atoms. The fourth-order valence-corrected chi connectivity index (χ4v) is 2.41. The van der Waals surface area contributed by atoms with Crippen molar-refractivity contribution in [1.82, 2.24) is 10.1 Å². The van der Waals surface area contributed by atoms with Gasteiger partial charge in [0.15, 0.2) is 5.82 Å². The van der Waals surface area contributed by atoms with Crippen molar-refractivity contribution in [3.63, 3.8) is 0 Å². The lowest BCUT2D eigenvalue weighted by atomic mass is 10.1. The molecule has 0 aliphatic heterocycles. The summed E-state index contributed by atoms with van der Waals surface area (Å²) in [6.45, 7) is 6.31.